The Hall–Kier alpha value is -3.77. The summed E-state index contributed by atoms with van der Waals surface area (Å²) >= 11 is 12.9. The van der Waals surface area contributed by atoms with Crippen LogP contribution in [0.3, 0.4) is 0 Å². The van der Waals surface area contributed by atoms with Crippen molar-refractivity contribution in [3.8, 4) is 17.1 Å². The number of amides is 2. The third kappa shape index (κ3) is 6.59. The lowest BCUT2D eigenvalue weighted by Gasteiger charge is -2.40. The number of halogens is 2. The van der Waals surface area contributed by atoms with Crippen molar-refractivity contribution in [2.75, 3.05) is 31.1 Å². The maximum absolute atomic E-state index is 12.9. The Labute approximate surface area is 259 Å². The molecule has 11 nitrogen and oxygen atoms in total. The van der Waals surface area contributed by atoms with Crippen LogP contribution in [0.5, 0.6) is 0 Å². The first kappa shape index (κ1) is 30.7. The average molecular weight is 626 g/mol. The smallest absolute Gasteiger partial charge is 0.242 e. The topological polar surface area (TPSA) is 151 Å². The summed E-state index contributed by atoms with van der Waals surface area (Å²) in [5, 5.41) is 16.6. The van der Waals surface area contributed by atoms with Gasteiger partial charge < -0.3 is 26.4 Å². The molecule has 5 rings (SSSR count). The van der Waals surface area contributed by atoms with Crippen LogP contribution in [0.4, 0.5) is 5.82 Å². The predicted octanol–water partition coefficient (Wildman–Crippen LogP) is 3.26. The number of hydrogen-bond acceptors (Lipinski definition) is 8. The van der Waals surface area contributed by atoms with Crippen LogP contribution in [0, 0.1) is 0 Å². The van der Waals surface area contributed by atoms with Crippen LogP contribution in [0.2, 0.25) is 10.0 Å². The van der Waals surface area contributed by atoms with Gasteiger partial charge >= 0.3 is 0 Å². The average Bonchev–Trinajstić information content (AvgIpc) is 3.35. The van der Waals surface area contributed by atoms with Gasteiger partial charge in [0.15, 0.2) is 17.0 Å². The quantitative estimate of drug-likeness (QED) is 0.210. The van der Waals surface area contributed by atoms with Gasteiger partial charge in [0.05, 0.1) is 18.1 Å². The van der Waals surface area contributed by atoms with Crippen molar-refractivity contribution < 1.29 is 14.7 Å². The van der Waals surface area contributed by atoms with Crippen LogP contribution in [-0.4, -0.2) is 74.3 Å². The Morgan fingerprint density at radius 3 is 2.40 bits per heavy atom. The summed E-state index contributed by atoms with van der Waals surface area (Å²) in [6, 6.07) is 13.5. The van der Waals surface area contributed by atoms with Crippen molar-refractivity contribution in [1.82, 2.24) is 30.2 Å². The molecule has 3 heterocycles. The molecule has 2 aromatic carbocycles. The van der Waals surface area contributed by atoms with E-state index in [0.717, 1.165) is 25.1 Å². The monoisotopic (exact) mass is 624 g/mol. The van der Waals surface area contributed by atoms with E-state index in [1.807, 2.05) is 34.9 Å². The van der Waals surface area contributed by atoms with Crippen molar-refractivity contribution in [3.05, 3.63) is 64.4 Å². The van der Waals surface area contributed by atoms with Crippen molar-refractivity contribution in [3.63, 3.8) is 0 Å². The predicted molar refractivity (Wildman–Crippen MR) is 168 cm³/mol. The fourth-order valence-electron chi connectivity index (χ4n) is 5.36. The van der Waals surface area contributed by atoms with E-state index in [2.05, 4.69) is 29.4 Å². The molecule has 1 fully saturated rings. The number of primary amides is 1. The maximum atomic E-state index is 12.9. The minimum atomic E-state index is -1.21. The normalized spacial score (nSPS) is 15.4. The number of fused-ring (bicyclic) bond motifs is 1. The number of carbonyl (C=O) groups is 2. The van der Waals surface area contributed by atoms with Crippen LogP contribution in [0.15, 0.2) is 48.5 Å². The highest BCUT2D eigenvalue weighted by atomic mass is 35.5. The van der Waals surface area contributed by atoms with E-state index in [1.165, 1.54) is 0 Å². The number of piperidine rings is 1. The van der Waals surface area contributed by atoms with Crippen molar-refractivity contribution >= 4 is 52.0 Å². The van der Waals surface area contributed by atoms with Gasteiger partial charge in [0.1, 0.15) is 17.7 Å². The first-order chi connectivity index (χ1) is 20.6. The van der Waals surface area contributed by atoms with Gasteiger partial charge in [-0.05, 0) is 62.7 Å². The van der Waals surface area contributed by atoms with E-state index in [9.17, 15) is 14.7 Å². The molecule has 1 aliphatic heterocycles. The third-order valence-corrected chi connectivity index (χ3v) is 8.27. The number of rotatable bonds is 10. The van der Waals surface area contributed by atoms with E-state index >= 15 is 0 Å². The van der Waals surface area contributed by atoms with Crippen molar-refractivity contribution in [2.24, 2.45) is 5.73 Å². The second kappa shape index (κ2) is 12.8. The highest BCUT2D eigenvalue weighted by Gasteiger charge is 2.32. The van der Waals surface area contributed by atoms with Crippen LogP contribution in [-0.2, 0) is 16.0 Å². The van der Waals surface area contributed by atoms with E-state index in [1.54, 1.807) is 18.2 Å². The Morgan fingerprint density at radius 2 is 1.77 bits per heavy atom. The van der Waals surface area contributed by atoms with Crippen LogP contribution < -0.4 is 21.3 Å². The minimum absolute atomic E-state index is 0.000425. The molecule has 0 spiro atoms. The molecule has 226 valence electrons. The molecule has 43 heavy (non-hydrogen) atoms. The number of benzene rings is 2. The molecular formula is C30H34Cl2N8O3. The van der Waals surface area contributed by atoms with Crippen LogP contribution in [0.25, 0.3) is 28.2 Å². The Bertz CT molecular complexity index is 1630. The Balaban J connectivity index is 1.68. The third-order valence-electron chi connectivity index (χ3n) is 7.68. The van der Waals surface area contributed by atoms with Gasteiger partial charge in [0.25, 0.3) is 0 Å². The lowest BCUT2D eigenvalue weighted by atomic mass is 9.89. The van der Waals surface area contributed by atoms with Gasteiger partial charge in [0, 0.05) is 34.9 Å². The summed E-state index contributed by atoms with van der Waals surface area (Å²) in [6.45, 7) is 6.01. The largest absolute Gasteiger partial charge is 0.394 e. The number of aliphatic hydroxyl groups excluding tert-OH is 1. The number of nitrogens with one attached hydrogen (secondary N) is 2. The molecule has 5 N–H and O–H groups in total. The molecule has 1 aliphatic rings. The van der Waals surface area contributed by atoms with Gasteiger partial charge in [-0.2, -0.15) is 0 Å². The number of anilines is 1. The summed E-state index contributed by atoms with van der Waals surface area (Å²) in [6.07, 6.45) is 1.52. The van der Waals surface area contributed by atoms with Gasteiger partial charge in [-0.3, -0.25) is 14.2 Å². The summed E-state index contributed by atoms with van der Waals surface area (Å²) in [4.78, 5) is 41.4. The van der Waals surface area contributed by atoms with Crippen molar-refractivity contribution in [1.29, 1.82) is 0 Å². The number of nitrogens with zero attached hydrogens (tertiary/aromatic N) is 5. The minimum Gasteiger partial charge on any atom is -0.394 e. The zero-order chi connectivity index (χ0) is 30.7. The van der Waals surface area contributed by atoms with Gasteiger partial charge in [-0.15, -0.1) is 0 Å². The zero-order valence-electron chi connectivity index (χ0n) is 24.0. The number of hydrogen-bond donors (Lipinski definition) is 4. The zero-order valence-corrected chi connectivity index (χ0v) is 25.5. The fraction of sp³-hybridized carbons (Fsp3) is 0.367. The van der Waals surface area contributed by atoms with Gasteiger partial charge in [0.2, 0.25) is 11.8 Å². The fourth-order valence-corrected chi connectivity index (χ4v) is 5.70. The molecule has 0 saturated carbocycles. The highest BCUT2D eigenvalue weighted by molar-refractivity contribution is 6.33. The molecule has 2 amide bonds. The summed E-state index contributed by atoms with van der Waals surface area (Å²) in [7, 11) is 0. The molecule has 1 unspecified atom stereocenters. The van der Waals surface area contributed by atoms with E-state index in [-0.39, 0.29) is 17.8 Å². The Morgan fingerprint density at radius 1 is 1.07 bits per heavy atom. The second-order valence-corrected chi connectivity index (χ2v) is 11.7. The van der Waals surface area contributed by atoms with Gasteiger partial charge in [-0.25, -0.2) is 15.0 Å². The summed E-state index contributed by atoms with van der Waals surface area (Å²) in [5.74, 6) is -0.00724. The van der Waals surface area contributed by atoms with Crippen LogP contribution in [0.1, 0.15) is 32.5 Å². The standard InChI is InChI=1S/C30H34Cl2N8O3/c1-3-34-30(2)12-14-39(15-13-30)28-25-29(37-23(36-28)16-24(42)35-22(17-41)26(33)43)40(19-10-8-18(31)9-11-19)27(38-25)20-6-4-5-7-21(20)32/h4-11,22,34,41H,3,12-17H2,1-2H3,(H2,33,43)(H,35,42). The first-order valence-electron chi connectivity index (χ1n) is 14.1. The van der Waals surface area contributed by atoms with Gasteiger partial charge in [-0.1, -0.05) is 42.3 Å². The molecule has 1 atom stereocenters. The molecule has 0 bridgehead atoms. The Kier molecular flexibility index (Phi) is 9.16. The molecular weight excluding hydrogens is 591 g/mol. The molecule has 4 aromatic rings. The number of nitrogens with two attached hydrogens (primary N) is 1. The lowest BCUT2D eigenvalue weighted by molar-refractivity contribution is -0.127. The highest BCUT2D eigenvalue weighted by Crippen LogP contribution is 2.36. The molecule has 0 aliphatic carbocycles. The van der Waals surface area contributed by atoms with E-state index in [4.69, 9.17) is 43.9 Å². The first-order valence-corrected chi connectivity index (χ1v) is 14.9. The summed E-state index contributed by atoms with van der Waals surface area (Å²) < 4.78 is 1.88. The SMILES string of the molecule is CCNC1(C)CCN(c2nc(CC(=O)NC(CO)C(N)=O)nc3c2nc(-c2ccccc2Cl)n3-c2ccc(Cl)cc2)CC1. The lowest BCUT2D eigenvalue weighted by Crippen LogP contribution is -2.51. The second-order valence-electron chi connectivity index (χ2n) is 10.8. The van der Waals surface area contributed by atoms with E-state index < -0.39 is 24.5 Å². The molecule has 1 saturated heterocycles. The number of carbonyl (C=O) groups excluding carboxylic acids is 2. The van der Waals surface area contributed by atoms with Crippen molar-refractivity contribution in [2.45, 2.75) is 44.7 Å². The number of aromatic nitrogens is 4. The maximum Gasteiger partial charge on any atom is 0.242 e. The number of aliphatic hydroxyl groups is 1. The van der Waals surface area contributed by atoms with Crippen LogP contribution >= 0.6 is 23.2 Å². The van der Waals surface area contributed by atoms with E-state index in [0.29, 0.717) is 51.5 Å². The molecule has 0 radical (unpaired) electrons. The molecule has 13 heteroatoms. The summed E-state index contributed by atoms with van der Waals surface area (Å²) in [5.41, 5.74) is 7.80. The number of imidazole rings is 1. The molecule has 2 aromatic heterocycles.